The molecule has 1 heterocycles. The number of likely N-dealkylation sites (N-methyl/N-ethyl adjacent to an activating group) is 1. The third kappa shape index (κ3) is 5.84. The molecule has 0 spiro atoms. The molecular weight excluding hydrogens is 420 g/mol. The Hall–Kier alpha value is -3.31. The average molecular weight is 435 g/mol. The first-order valence-corrected chi connectivity index (χ1v) is 8.27. The summed E-state index contributed by atoms with van der Waals surface area (Å²) in [6.07, 6.45) is -8.97. The van der Waals surface area contributed by atoms with E-state index in [9.17, 15) is 40.7 Å². The summed E-state index contributed by atoms with van der Waals surface area (Å²) in [7, 11) is 1.12. The highest BCUT2D eigenvalue weighted by Gasteiger charge is 2.34. The summed E-state index contributed by atoms with van der Waals surface area (Å²) in [4.78, 5) is 36.7. The second kappa shape index (κ2) is 8.59. The first-order chi connectivity index (χ1) is 13.8. The third-order valence-electron chi connectivity index (χ3n) is 3.93. The van der Waals surface area contributed by atoms with E-state index in [1.165, 1.54) is 6.07 Å². The van der Waals surface area contributed by atoms with Crippen LogP contribution in [-0.4, -0.2) is 34.9 Å². The lowest BCUT2D eigenvalue weighted by atomic mass is 10.1. The maximum atomic E-state index is 13.0. The van der Waals surface area contributed by atoms with Crippen LogP contribution < -0.4 is 10.9 Å². The predicted molar refractivity (Wildman–Crippen MR) is 93.4 cm³/mol. The van der Waals surface area contributed by atoms with Crippen molar-refractivity contribution in [3.63, 3.8) is 0 Å². The van der Waals surface area contributed by atoms with E-state index in [1.807, 2.05) is 5.32 Å². The van der Waals surface area contributed by atoms with E-state index in [2.05, 4.69) is 0 Å². The number of benzene rings is 1. The molecule has 1 aromatic heterocycles. The number of para-hydroxylation sites is 1. The number of alkyl halides is 6. The summed E-state index contributed by atoms with van der Waals surface area (Å²) in [5, 5.41) is 2.04. The van der Waals surface area contributed by atoms with Crippen molar-refractivity contribution in [1.29, 1.82) is 0 Å². The predicted octanol–water partition coefficient (Wildman–Crippen LogP) is 2.98. The summed E-state index contributed by atoms with van der Waals surface area (Å²) < 4.78 is 77.6. The van der Waals surface area contributed by atoms with Crippen LogP contribution in [0.1, 0.15) is 11.1 Å². The van der Waals surface area contributed by atoms with E-state index >= 15 is 0 Å². The van der Waals surface area contributed by atoms with Gasteiger partial charge in [-0.05, 0) is 18.2 Å². The van der Waals surface area contributed by atoms with Crippen LogP contribution in [0.5, 0.6) is 0 Å². The molecule has 0 aliphatic heterocycles. The lowest BCUT2D eigenvalue weighted by Crippen LogP contribution is -2.38. The van der Waals surface area contributed by atoms with Crippen LogP contribution in [-0.2, 0) is 28.5 Å². The molecular formula is C18H15F6N3O3. The molecule has 30 heavy (non-hydrogen) atoms. The average Bonchev–Trinajstić information content (AvgIpc) is 2.61. The summed E-state index contributed by atoms with van der Waals surface area (Å²) in [6, 6.07) is 5.44. The van der Waals surface area contributed by atoms with Gasteiger partial charge in [-0.1, -0.05) is 12.1 Å². The Morgan fingerprint density at radius 1 is 1.00 bits per heavy atom. The second-order valence-electron chi connectivity index (χ2n) is 6.22. The van der Waals surface area contributed by atoms with Gasteiger partial charge >= 0.3 is 12.4 Å². The van der Waals surface area contributed by atoms with Gasteiger partial charge in [0, 0.05) is 19.3 Å². The summed E-state index contributed by atoms with van der Waals surface area (Å²) in [5.74, 6) is -1.85. The molecule has 0 radical (unpaired) electrons. The standard InChI is InChI=1S/C18H15F6N3O3/c1-26(9-14(28)25-13-5-3-2-4-12(13)18(22,23)24)16(30)10-27-8-11(17(19,20)21)6-7-15(27)29/h2-8H,9-10H2,1H3,(H,25,28). The Kier molecular flexibility index (Phi) is 6.58. The Balaban J connectivity index is 2.07. The molecule has 1 aromatic carbocycles. The maximum absolute atomic E-state index is 13.0. The van der Waals surface area contributed by atoms with Gasteiger partial charge in [-0.2, -0.15) is 26.3 Å². The van der Waals surface area contributed by atoms with Crippen molar-refractivity contribution in [2.75, 3.05) is 18.9 Å². The van der Waals surface area contributed by atoms with Gasteiger partial charge in [0.1, 0.15) is 6.54 Å². The largest absolute Gasteiger partial charge is 0.418 e. The van der Waals surface area contributed by atoms with E-state index in [0.717, 1.165) is 30.1 Å². The number of rotatable bonds is 5. The minimum absolute atomic E-state index is 0.466. The van der Waals surface area contributed by atoms with Crippen molar-refractivity contribution in [1.82, 2.24) is 9.47 Å². The van der Waals surface area contributed by atoms with Crippen LogP contribution in [0.2, 0.25) is 0 Å². The van der Waals surface area contributed by atoms with Gasteiger partial charge in [0.2, 0.25) is 11.8 Å². The summed E-state index contributed by atoms with van der Waals surface area (Å²) >= 11 is 0. The number of amides is 2. The van der Waals surface area contributed by atoms with E-state index in [0.29, 0.717) is 22.9 Å². The highest BCUT2D eigenvalue weighted by atomic mass is 19.4. The SMILES string of the molecule is CN(CC(=O)Nc1ccccc1C(F)(F)F)C(=O)Cn1cc(C(F)(F)F)ccc1=O. The third-order valence-corrected chi connectivity index (χ3v) is 3.93. The monoisotopic (exact) mass is 435 g/mol. The first-order valence-electron chi connectivity index (χ1n) is 8.27. The molecule has 0 aliphatic carbocycles. The van der Waals surface area contributed by atoms with Gasteiger partial charge < -0.3 is 14.8 Å². The van der Waals surface area contributed by atoms with Gasteiger partial charge in [0.25, 0.3) is 5.56 Å². The number of carbonyl (C=O) groups excluding carboxylic acids is 2. The maximum Gasteiger partial charge on any atom is 0.418 e. The van der Waals surface area contributed by atoms with Crippen molar-refractivity contribution < 1.29 is 35.9 Å². The number of aromatic nitrogens is 1. The molecule has 12 heteroatoms. The smallest absolute Gasteiger partial charge is 0.335 e. The molecule has 0 aliphatic rings. The highest BCUT2D eigenvalue weighted by molar-refractivity contribution is 5.95. The minimum atomic E-state index is -4.73. The van der Waals surface area contributed by atoms with Gasteiger partial charge in [0.15, 0.2) is 0 Å². The van der Waals surface area contributed by atoms with Gasteiger partial charge in [-0.3, -0.25) is 14.4 Å². The van der Waals surface area contributed by atoms with Crippen molar-refractivity contribution in [2.45, 2.75) is 18.9 Å². The van der Waals surface area contributed by atoms with E-state index in [-0.39, 0.29) is 0 Å². The van der Waals surface area contributed by atoms with Crippen LogP contribution in [0.25, 0.3) is 0 Å². The van der Waals surface area contributed by atoms with E-state index < -0.39 is 59.6 Å². The summed E-state index contributed by atoms with van der Waals surface area (Å²) in [6.45, 7) is -1.47. The molecule has 0 unspecified atom stereocenters. The number of halogens is 6. The molecule has 0 saturated carbocycles. The van der Waals surface area contributed by atoms with Crippen molar-refractivity contribution in [2.24, 2.45) is 0 Å². The first kappa shape index (κ1) is 23.0. The number of nitrogens with zero attached hydrogens (tertiary/aromatic N) is 2. The van der Waals surface area contributed by atoms with Crippen molar-refractivity contribution in [3.05, 3.63) is 64.1 Å². The van der Waals surface area contributed by atoms with Crippen LogP contribution >= 0.6 is 0 Å². The topological polar surface area (TPSA) is 71.4 Å². The lowest BCUT2D eigenvalue weighted by Gasteiger charge is -2.19. The molecule has 2 rings (SSSR count). The number of anilines is 1. The van der Waals surface area contributed by atoms with Crippen LogP contribution in [0.3, 0.4) is 0 Å². The molecule has 6 nitrogen and oxygen atoms in total. The molecule has 0 atom stereocenters. The number of nitrogens with one attached hydrogen (secondary N) is 1. The number of carbonyl (C=O) groups is 2. The van der Waals surface area contributed by atoms with Crippen LogP contribution in [0.15, 0.2) is 47.4 Å². The quantitative estimate of drug-likeness (QED) is 0.735. The zero-order chi connectivity index (χ0) is 22.7. The minimum Gasteiger partial charge on any atom is -0.335 e. The zero-order valence-electron chi connectivity index (χ0n) is 15.3. The fourth-order valence-electron chi connectivity index (χ4n) is 2.42. The fourth-order valence-corrected chi connectivity index (χ4v) is 2.42. The fraction of sp³-hybridized carbons (Fsp3) is 0.278. The van der Waals surface area contributed by atoms with E-state index in [1.54, 1.807) is 0 Å². The van der Waals surface area contributed by atoms with Crippen LogP contribution in [0, 0.1) is 0 Å². The molecule has 2 amide bonds. The highest BCUT2D eigenvalue weighted by Crippen LogP contribution is 2.34. The Morgan fingerprint density at radius 3 is 2.23 bits per heavy atom. The normalized spacial score (nSPS) is 11.8. The zero-order valence-corrected chi connectivity index (χ0v) is 15.3. The van der Waals surface area contributed by atoms with Gasteiger partial charge in [0.05, 0.1) is 23.4 Å². The Labute approximate surface area is 165 Å². The number of pyridine rings is 1. The number of hydrogen-bond acceptors (Lipinski definition) is 3. The van der Waals surface area contributed by atoms with E-state index in [4.69, 9.17) is 0 Å². The lowest BCUT2D eigenvalue weighted by molar-refractivity contribution is -0.138. The molecule has 162 valence electrons. The van der Waals surface area contributed by atoms with Gasteiger partial charge in [-0.25, -0.2) is 0 Å². The van der Waals surface area contributed by atoms with Gasteiger partial charge in [-0.15, -0.1) is 0 Å². The van der Waals surface area contributed by atoms with Crippen LogP contribution in [0.4, 0.5) is 32.0 Å². The molecule has 2 aromatic rings. The molecule has 0 saturated heterocycles. The Bertz CT molecular complexity index is 998. The van der Waals surface area contributed by atoms with Crippen molar-refractivity contribution >= 4 is 17.5 Å². The number of hydrogen-bond donors (Lipinski definition) is 1. The van der Waals surface area contributed by atoms with Crippen molar-refractivity contribution in [3.8, 4) is 0 Å². The molecule has 0 fully saturated rings. The Morgan fingerprint density at radius 2 is 1.63 bits per heavy atom. The molecule has 0 bridgehead atoms. The summed E-state index contributed by atoms with van der Waals surface area (Å²) in [5.41, 5.74) is -3.60. The second-order valence-corrected chi connectivity index (χ2v) is 6.22. The molecule has 1 N–H and O–H groups in total.